The number of nitrogens with zero attached hydrogens (tertiary/aromatic N) is 1. The fourth-order valence-electron chi connectivity index (χ4n) is 2.80. The Kier molecular flexibility index (Phi) is 5.99. The number of aromatic nitrogens is 1. The minimum atomic E-state index is -0.735. The largest absolute Gasteiger partial charge is 0.489 e. The van der Waals surface area contributed by atoms with Crippen molar-refractivity contribution in [2.24, 2.45) is 0 Å². The Bertz CT molecular complexity index is 1210. The zero-order valence-electron chi connectivity index (χ0n) is 15.9. The molecule has 0 saturated carbocycles. The van der Waals surface area contributed by atoms with Crippen LogP contribution >= 0.6 is 11.3 Å². The zero-order chi connectivity index (χ0) is 21.8. The maximum Gasteiger partial charge on any atom is 0.275 e. The van der Waals surface area contributed by atoms with Gasteiger partial charge >= 0.3 is 0 Å². The maximum atomic E-state index is 14.6. The molecule has 0 atom stereocenters. The molecule has 0 bridgehead atoms. The van der Waals surface area contributed by atoms with Gasteiger partial charge in [0.2, 0.25) is 0 Å². The third-order valence-corrected chi connectivity index (χ3v) is 5.26. The second kappa shape index (κ2) is 9.01. The van der Waals surface area contributed by atoms with Gasteiger partial charge in [0, 0.05) is 22.7 Å². The average Bonchev–Trinajstić information content (AvgIpc) is 3.24. The predicted octanol–water partition coefficient (Wildman–Crippen LogP) is 6.06. The summed E-state index contributed by atoms with van der Waals surface area (Å²) in [7, 11) is 0. The van der Waals surface area contributed by atoms with E-state index in [4.69, 9.17) is 4.74 Å². The van der Waals surface area contributed by atoms with Gasteiger partial charge < -0.3 is 10.1 Å². The normalized spacial score (nSPS) is 10.7. The van der Waals surface area contributed by atoms with Gasteiger partial charge in [0.05, 0.1) is 5.56 Å². The fraction of sp³-hybridized carbons (Fsp3) is 0.0435. The molecule has 1 N–H and O–H groups in total. The highest BCUT2D eigenvalue weighted by Crippen LogP contribution is 2.29. The monoisotopic (exact) mass is 440 g/mol. The van der Waals surface area contributed by atoms with Crippen molar-refractivity contribution < 1.29 is 22.7 Å². The van der Waals surface area contributed by atoms with E-state index >= 15 is 0 Å². The van der Waals surface area contributed by atoms with Crippen LogP contribution in [0.3, 0.4) is 0 Å². The van der Waals surface area contributed by atoms with Crippen LogP contribution in [0.5, 0.6) is 5.75 Å². The number of thiazole rings is 1. The third kappa shape index (κ3) is 4.75. The molecule has 0 aliphatic heterocycles. The summed E-state index contributed by atoms with van der Waals surface area (Å²) in [6.45, 7) is -0.377. The van der Waals surface area contributed by atoms with Crippen LogP contribution in [0, 0.1) is 17.5 Å². The summed E-state index contributed by atoms with van der Waals surface area (Å²) in [5.41, 5.74) is 0.744. The molecule has 0 fully saturated rings. The van der Waals surface area contributed by atoms with Crippen molar-refractivity contribution in [3.63, 3.8) is 0 Å². The average molecular weight is 440 g/mol. The highest BCUT2D eigenvalue weighted by Gasteiger charge is 2.16. The molecule has 0 aliphatic carbocycles. The lowest BCUT2D eigenvalue weighted by molar-refractivity contribution is 0.102. The maximum absolute atomic E-state index is 14.6. The first-order valence-electron chi connectivity index (χ1n) is 9.19. The van der Waals surface area contributed by atoms with E-state index in [9.17, 15) is 18.0 Å². The van der Waals surface area contributed by atoms with Crippen molar-refractivity contribution >= 4 is 22.9 Å². The van der Waals surface area contributed by atoms with Gasteiger partial charge in [0.1, 0.15) is 40.5 Å². The molecule has 0 saturated heterocycles. The summed E-state index contributed by atoms with van der Waals surface area (Å²) in [6, 6.07) is 16.4. The molecular formula is C23H15F3N2O2S. The predicted molar refractivity (Wildman–Crippen MR) is 113 cm³/mol. The van der Waals surface area contributed by atoms with Gasteiger partial charge in [-0.15, -0.1) is 11.3 Å². The van der Waals surface area contributed by atoms with Gasteiger partial charge in [0.15, 0.2) is 0 Å². The molecule has 4 aromatic rings. The Labute approximate surface area is 180 Å². The Morgan fingerprint density at radius 2 is 1.68 bits per heavy atom. The Balaban J connectivity index is 1.46. The summed E-state index contributed by atoms with van der Waals surface area (Å²) < 4.78 is 47.3. The molecule has 4 rings (SSSR count). The molecule has 0 aliphatic rings. The molecule has 8 heteroatoms. The minimum absolute atomic E-state index is 0.113. The standard InChI is InChI=1S/C23H15F3N2O2S/c24-18-7-4-8-19(25)17(18)12-30-15-9-10-16(20(26)11-15)23-28-21(13-31-23)22(29)27-14-5-2-1-3-6-14/h1-11,13H,12H2,(H,27,29). The van der Waals surface area contributed by atoms with Gasteiger partial charge in [-0.3, -0.25) is 4.79 Å². The van der Waals surface area contributed by atoms with Crippen molar-refractivity contribution in [3.05, 3.63) is 101 Å². The van der Waals surface area contributed by atoms with E-state index < -0.39 is 23.4 Å². The van der Waals surface area contributed by atoms with E-state index in [-0.39, 0.29) is 29.2 Å². The van der Waals surface area contributed by atoms with Crippen LogP contribution < -0.4 is 10.1 Å². The minimum Gasteiger partial charge on any atom is -0.489 e. The van der Waals surface area contributed by atoms with E-state index in [0.717, 1.165) is 29.5 Å². The number of para-hydroxylation sites is 1. The third-order valence-electron chi connectivity index (χ3n) is 4.38. The molecule has 0 spiro atoms. The van der Waals surface area contributed by atoms with Crippen molar-refractivity contribution in [1.29, 1.82) is 0 Å². The molecule has 156 valence electrons. The number of amides is 1. The van der Waals surface area contributed by atoms with Gasteiger partial charge in [0.25, 0.3) is 5.91 Å². The van der Waals surface area contributed by atoms with Crippen LogP contribution in [0.4, 0.5) is 18.9 Å². The summed E-state index contributed by atoms with van der Waals surface area (Å²) >= 11 is 1.12. The smallest absolute Gasteiger partial charge is 0.275 e. The lowest BCUT2D eigenvalue weighted by Crippen LogP contribution is -2.12. The molecule has 4 nitrogen and oxygen atoms in total. The van der Waals surface area contributed by atoms with Crippen LogP contribution in [-0.2, 0) is 6.61 Å². The highest BCUT2D eigenvalue weighted by atomic mass is 32.1. The van der Waals surface area contributed by atoms with Crippen molar-refractivity contribution in [2.75, 3.05) is 5.32 Å². The first kappa shape index (κ1) is 20.6. The second-order valence-corrected chi connectivity index (χ2v) is 7.35. The number of halogens is 3. The first-order valence-corrected chi connectivity index (χ1v) is 10.1. The van der Waals surface area contributed by atoms with E-state index in [2.05, 4.69) is 10.3 Å². The number of carbonyl (C=O) groups is 1. The molecule has 31 heavy (non-hydrogen) atoms. The number of hydrogen-bond donors (Lipinski definition) is 1. The number of anilines is 1. The number of rotatable bonds is 6. The number of hydrogen-bond acceptors (Lipinski definition) is 4. The second-order valence-electron chi connectivity index (χ2n) is 6.49. The molecule has 1 heterocycles. The van der Waals surface area contributed by atoms with Crippen LogP contribution in [0.25, 0.3) is 10.6 Å². The lowest BCUT2D eigenvalue weighted by atomic mass is 10.2. The summed E-state index contributed by atoms with van der Waals surface area (Å²) in [5, 5.41) is 4.58. The molecule has 0 radical (unpaired) electrons. The van der Waals surface area contributed by atoms with Crippen molar-refractivity contribution in [2.45, 2.75) is 6.61 Å². The van der Waals surface area contributed by atoms with E-state index in [1.165, 1.54) is 18.2 Å². The lowest BCUT2D eigenvalue weighted by Gasteiger charge is -2.09. The molecule has 0 unspecified atom stereocenters. The summed E-state index contributed by atoms with van der Waals surface area (Å²) in [5.74, 6) is -2.39. The molecule has 3 aromatic carbocycles. The number of benzene rings is 3. The molecular weight excluding hydrogens is 425 g/mol. The molecule has 1 amide bonds. The van der Waals surface area contributed by atoms with Gasteiger partial charge in [-0.25, -0.2) is 18.2 Å². The SMILES string of the molecule is O=C(Nc1ccccc1)c1csc(-c2ccc(OCc3c(F)cccc3F)cc2F)n1. The summed E-state index contributed by atoms with van der Waals surface area (Å²) in [6.07, 6.45) is 0. The number of carbonyl (C=O) groups excluding carboxylic acids is 1. The van der Waals surface area contributed by atoms with E-state index in [1.807, 2.05) is 6.07 Å². The Hall–Kier alpha value is -3.65. The summed E-state index contributed by atoms with van der Waals surface area (Å²) in [4.78, 5) is 16.5. The molecule has 1 aromatic heterocycles. The van der Waals surface area contributed by atoms with Crippen LogP contribution in [-0.4, -0.2) is 10.9 Å². The van der Waals surface area contributed by atoms with Gasteiger partial charge in [-0.05, 0) is 36.4 Å². The number of ether oxygens (including phenoxy) is 1. The van der Waals surface area contributed by atoms with Crippen LogP contribution in [0.2, 0.25) is 0 Å². The Morgan fingerprint density at radius 1 is 0.935 bits per heavy atom. The highest BCUT2D eigenvalue weighted by molar-refractivity contribution is 7.13. The van der Waals surface area contributed by atoms with E-state index in [0.29, 0.717) is 10.7 Å². The zero-order valence-corrected chi connectivity index (χ0v) is 16.8. The number of nitrogens with one attached hydrogen (secondary N) is 1. The quantitative estimate of drug-likeness (QED) is 0.397. The van der Waals surface area contributed by atoms with Crippen LogP contribution in [0.1, 0.15) is 16.1 Å². The first-order chi connectivity index (χ1) is 15.0. The van der Waals surface area contributed by atoms with Gasteiger partial charge in [-0.2, -0.15) is 0 Å². The van der Waals surface area contributed by atoms with Crippen LogP contribution in [0.15, 0.2) is 72.1 Å². The Morgan fingerprint density at radius 3 is 2.39 bits per heavy atom. The van der Waals surface area contributed by atoms with Crippen molar-refractivity contribution in [1.82, 2.24) is 4.98 Å². The fourth-order valence-corrected chi connectivity index (χ4v) is 3.63. The topological polar surface area (TPSA) is 51.2 Å². The van der Waals surface area contributed by atoms with Crippen molar-refractivity contribution in [3.8, 4) is 16.3 Å². The van der Waals surface area contributed by atoms with Gasteiger partial charge in [-0.1, -0.05) is 24.3 Å². The van der Waals surface area contributed by atoms with E-state index in [1.54, 1.807) is 29.6 Å².